The normalized spacial score (nSPS) is 13.4. The zero-order valence-electron chi connectivity index (χ0n) is 11.9. The quantitative estimate of drug-likeness (QED) is 0.545. The van der Waals surface area contributed by atoms with E-state index >= 15 is 0 Å². The van der Waals surface area contributed by atoms with Gasteiger partial charge in [-0.15, -0.1) is 0 Å². The summed E-state index contributed by atoms with van der Waals surface area (Å²) in [4.78, 5) is 25.0. The van der Waals surface area contributed by atoms with Crippen molar-refractivity contribution in [3.63, 3.8) is 0 Å². The third kappa shape index (κ3) is 4.70. The maximum absolute atomic E-state index is 12.3. The van der Waals surface area contributed by atoms with Crippen molar-refractivity contribution in [2.24, 2.45) is 5.92 Å². The van der Waals surface area contributed by atoms with Crippen molar-refractivity contribution in [3.05, 3.63) is 34.9 Å². The maximum Gasteiger partial charge on any atom is 0.253 e. The van der Waals surface area contributed by atoms with E-state index in [1.165, 1.54) is 4.90 Å². The van der Waals surface area contributed by atoms with Crippen LogP contribution in [0, 0.1) is 5.92 Å². The van der Waals surface area contributed by atoms with Crippen molar-refractivity contribution >= 4 is 23.4 Å². The average Bonchev–Trinajstić information content (AvgIpc) is 2.50. The first-order chi connectivity index (χ1) is 9.90. The minimum Gasteiger partial charge on any atom is -0.394 e. The highest BCUT2D eigenvalue weighted by atomic mass is 35.5. The average molecular weight is 315 g/mol. The van der Waals surface area contributed by atoms with E-state index in [2.05, 4.69) is 0 Å². The third-order valence-electron chi connectivity index (χ3n) is 3.35. The van der Waals surface area contributed by atoms with Crippen LogP contribution in [-0.2, 0) is 4.79 Å². The summed E-state index contributed by atoms with van der Waals surface area (Å²) in [5, 5.41) is 18.5. The minimum atomic E-state index is -0.555. The smallest absolute Gasteiger partial charge is 0.253 e. The van der Waals surface area contributed by atoms with Crippen LogP contribution in [0.2, 0.25) is 5.02 Å². The van der Waals surface area contributed by atoms with Gasteiger partial charge in [-0.2, -0.15) is 0 Å². The number of likely N-dealkylation sites (N-methyl/N-ethyl adjacent to an activating group) is 1. The molecule has 0 heterocycles. The predicted octanol–water partition coefficient (Wildman–Crippen LogP) is 1.30. The molecule has 0 radical (unpaired) electrons. The second-order valence-electron chi connectivity index (χ2n) is 4.87. The fraction of sp³-hybridized carbons (Fsp3) is 0.429. The van der Waals surface area contributed by atoms with Crippen LogP contribution in [0.25, 0.3) is 0 Å². The van der Waals surface area contributed by atoms with Gasteiger partial charge in [0.15, 0.2) is 0 Å². The molecule has 0 bridgehead atoms. The molecule has 3 N–H and O–H groups in total. The Balaban J connectivity index is 2.78. The molecule has 0 spiro atoms. The van der Waals surface area contributed by atoms with Gasteiger partial charge in [-0.1, -0.05) is 18.5 Å². The summed E-state index contributed by atoms with van der Waals surface area (Å²) in [7, 11) is 1.56. The van der Waals surface area contributed by atoms with Crippen molar-refractivity contribution in [2.75, 3.05) is 13.7 Å². The van der Waals surface area contributed by atoms with E-state index in [0.29, 0.717) is 10.6 Å². The number of amides is 2. The lowest BCUT2D eigenvalue weighted by atomic mass is 10.00. The van der Waals surface area contributed by atoms with Crippen LogP contribution >= 0.6 is 11.6 Å². The van der Waals surface area contributed by atoms with Gasteiger partial charge in [0.05, 0.1) is 12.6 Å². The molecule has 0 saturated heterocycles. The Morgan fingerprint density at radius 3 is 2.38 bits per heavy atom. The van der Waals surface area contributed by atoms with Gasteiger partial charge in [-0.25, -0.2) is 5.48 Å². The number of rotatable bonds is 6. The van der Waals surface area contributed by atoms with Crippen LogP contribution in [0.5, 0.6) is 0 Å². The highest BCUT2D eigenvalue weighted by Gasteiger charge is 2.25. The number of hydrogen-bond donors (Lipinski definition) is 3. The van der Waals surface area contributed by atoms with Gasteiger partial charge in [-0.3, -0.25) is 14.8 Å². The summed E-state index contributed by atoms with van der Waals surface area (Å²) >= 11 is 5.77. The van der Waals surface area contributed by atoms with Crippen molar-refractivity contribution in [3.8, 4) is 0 Å². The molecule has 0 aliphatic heterocycles. The molecule has 1 aromatic carbocycles. The van der Waals surface area contributed by atoms with E-state index in [0.717, 1.165) is 0 Å². The maximum atomic E-state index is 12.3. The van der Waals surface area contributed by atoms with Gasteiger partial charge in [-0.05, 0) is 30.7 Å². The van der Waals surface area contributed by atoms with E-state index < -0.39 is 17.9 Å². The lowest BCUT2D eigenvalue weighted by Crippen LogP contribution is -2.42. The van der Waals surface area contributed by atoms with Crippen molar-refractivity contribution < 1.29 is 19.9 Å². The van der Waals surface area contributed by atoms with Crippen LogP contribution in [0.1, 0.15) is 23.7 Å². The molecule has 7 heteroatoms. The van der Waals surface area contributed by atoms with Crippen LogP contribution in [0.15, 0.2) is 24.3 Å². The molecule has 0 fully saturated rings. The summed E-state index contributed by atoms with van der Waals surface area (Å²) in [6, 6.07) is 5.89. The number of hydroxylamine groups is 1. The predicted molar refractivity (Wildman–Crippen MR) is 78.1 cm³/mol. The molecule has 1 aromatic rings. The van der Waals surface area contributed by atoms with E-state index in [4.69, 9.17) is 16.8 Å². The van der Waals surface area contributed by atoms with E-state index in [1.54, 1.807) is 43.7 Å². The summed E-state index contributed by atoms with van der Waals surface area (Å²) in [6.07, 6.45) is 0.235. The van der Waals surface area contributed by atoms with Gasteiger partial charge in [0, 0.05) is 23.6 Å². The Hall–Kier alpha value is -1.63. The second kappa shape index (κ2) is 7.97. The number of nitrogens with one attached hydrogen (secondary N) is 1. The van der Waals surface area contributed by atoms with Crippen LogP contribution in [-0.4, -0.2) is 46.7 Å². The number of carbonyl (C=O) groups excluding carboxylic acids is 2. The Labute approximate surface area is 128 Å². The van der Waals surface area contributed by atoms with Gasteiger partial charge >= 0.3 is 0 Å². The lowest BCUT2D eigenvalue weighted by molar-refractivity contribution is -0.133. The molecule has 0 saturated carbocycles. The van der Waals surface area contributed by atoms with Crippen molar-refractivity contribution in [1.29, 1.82) is 0 Å². The number of halogens is 1. The SMILES string of the molecule is CC(CC(CO)N(C)C(=O)c1ccc(Cl)cc1)C(=O)NO. The molecule has 21 heavy (non-hydrogen) atoms. The highest BCUT2D eigenvalue weighted by Crippen LogP contribution is 2.16. The molecule has 0 aliphatic rings. The largest absolute Gasteiger partial charge is 0.394 e. The molecular formula is C14H19ClN2O4. The Bertz CT molecular complexity index is 492. The zero-order chi connectivity index (χ0) is 16.0. The third-order valence-corrected chi connectivity index (χ3v) is 3.61. The highest BCUT2D eigenvalue weighted by molar-refractivity contribution is 6.30. The first-order valence-corrected chi connectivity index (χ1v) is 6.86. The summed E-state index contributed by atoms with van der Waals surface area (Å²) in [5.74, 6) is -1.37. The number of aliphatic hydroxyl groups excluding tert-OH is 1. The minimum absolute atomic E-state index is 0.235. The van der Waals surface area contributed by atoms with Crippen LogP contribution in [0.3, 0.4) is 0 Å². The second-order valence-corrected chi connectivity index (χ2v) is 5.31. The summed E-state index contributed by atoms with van der Waals surface area (Å²) in [5.41, 5.74) is 2.01. The standard InChI is InChI=1S/C14H19ClN2O4/c1-9(13(19)16-21)7-12(8-18)17(2)14(20)10-3-5-11(15)6-4-10/h3-6,9,12,18,21H,7-8H2,1-2H3,(H,16,19). The molecule has 6 nitrogen and oxygen atoms in total. The van der Waals surface area contributed by atoms with Crippen LogP contribution < -0.4 is 5.48 Å². The number of hydrogen-bond acceptors (Lipinski definition) is 4. The first-order valence-electron chi connectivity index (χ1n) is 6.48. The van der Waals surface area contributed by atoms with E-state index in [-0.39, 0.29) is 18.9 Å². The Kier molecular flexibility index (Phi) is 6.61. The van der Waals surface area contributed by atoms with Crippen molar-refractivity contribution in [1.82, 2.24) is 10.4 Å². The summed E-state index contributed by atoms with van der Waals surface area (Å²) < 4.78 is 0. The Morgan fingerprint density at radius 2 is 1.90 bits per heavy atom. The number of nitrogens with zero attached hydrogens (tertiary/aromatic N) is 1. The molecule has 1 rings (SSSR count). The molecule has 0 aromatic heterocycles. The fourth-order valence-electron chi connectivity index (χ4n) is 1.94. The van der Waals surface area contributed by atoms with Gasteiger partial charge < -0.3 is 10.0 Å². The molecule has 0 aliphatic carbocycles. The van der Waals surface area contributed by atoms with E-state index in [1.807, 2.05) is 0 Å². The molecule has 2 atom stereocenters. The molecule has 2 unspecified atom stereocenters. The van der Waals surface area contributed by atoms with Gasteiger partial charge in [0.1, 0.15) is 0 Å². The van der Waals surface area contributed by atoms with E-state index in [9.17, 15) is 14.7 Å². The van der Waals surface area contributed by atoms with Crippen molar-refractivity contribution in [2.45, 2.75) is 19.4 Å². The number of aliphatic hydroxyl groups is 1. The Morgan fingerprint density at radius 1 is 1.33 bits per heavy atom. The fourth-order valence-corrected chi connectivity index (χ4v) is 2.07. The first kappa shape index (κ1) is 17.4. The number of benzene rings is 1. The topological polar surface area (TPSA) is 89.9 Å². The summed E-state index contributed by atoms with van der Waals surface area (Å²) in [6.45, 7) is 1.33. The van der Waals surface area contributed by atoms with Crippen LogP contribution in [0.4, 0.5) is 0 Å². The molecule has 2 amide bonds. The number of carbonyl (C=O) groups is 2. The van der Waals surface area contributed by atoms with Gasteiger partial charge in [0.2, 0.25) is 5.91 Å². The van der Waals surface area contributed by atoms with Gasteiger partial charge in [0.25, 0.3) is 5.91 Å². The molecule has 116 valence electrons. The lowest BCUT2D eigenvalue weighted by Gasteiger charge is -2.28. The monoisotopic (exact) mass is 314 g/mol. The zero-order valence-corrected chi connectivity index (χ0v) is 12.7. The molecular weight excluding hydrogens is 296 g/mol.